The molecule has 0 saturated carbocycles. The van der Waals surface area contributed by atoms with E-state index in [0.717, 1.165) is 25.7 Å². The lowest BCUT2D eigenvalue weighted by Gasteiger charge is -2.23. The van der Waals surface area contributed by atoms with Gasteiger partial charge < -0.3 is 9.05 Å². The van der Waals surface area contributed by atoms with Crippen molar-refractivity contribution in [3.63, 3.8) is 0 Å². The van der Waals surface area contributed by atoms with Crippen LogP contribution in [0.15, 0.2) is 24.3 Å². The quantitative estimate of drug-likeness (QED) is 0.385. The lowest BCUT2D eigenvalue weighted by Crippen LogP contribution is -2.05. The number of benzene rings is 1. The van der Waals surface area contributed by atoms with Crippen molar-refractivity contribution in [1.82, 2.24) is 0 Å². The summed E-state index contributed by atoms with van der Waals surface area (Å²) in [6.45, 7) is 8.02. The average Bonchev–Trinajstić information content (AvgIpc) is 2.50. The van der Waals surface area contributed by atoms with E-state index in [-0.39, 0.29) is 0 Å². The fourth-order valence-corrected chi connectivity index (χ4v) is 7.28. The van der Waals surface area contributed by atoms with E-state index in [1.54, 1.807) is 12.1 Å². The summed E-state index contributed by atoms with van der Waals surface area (Å²) in [7, 11) is -5.47. The Morgan fingerprint density at radius 1 is 0.667 bits per heavy atom. The SMILES string of the molecule is CCCP(=O)(CCC)Oc1ccccc1OP(=O)(CCC)CCC. The van der Waals surface area contributed by atoms with Crippen molar-refractivity contribution in [2.75, 3.05) is 24.6 Å². The Balaban J connectivity index is 3.06. The van der Waals surface area contributed by atoms with Crippen molar-refractivity contribution in [3.8, 4) is 11.5 Å². The minimum absolute atomic E-state index is 0.454. The predicted molar refractivity (Wildman–Crippen MR) is 104 cm³/mol. The van der Waals surface area contributed by atoms with E-state index in [4.69, 9.17) is 9.05 Å². The minimum Gasteiger partial charge on any atom is -0.439 e. The third kappa shape index (κ3) is 6.65. The first-order valence-electron chi connectivity index (χ1n) is 9.06. The molecule has 24 heavy (non-hydrogen) atoms. The van der Waals surface area contributed by atoms with Gasteiger partial charge in [-0.3, -0.25) is 9.13 Å². The maximum Gasteiger partial charge on any atom is 0.248 e. The molecule has 0 bridgehead atoms. The van der Waals surface area contributed by atoms with Crippen LogP contribution in [0.3, 0.4) is 0 Å². The molecule has 4 nitrogen and oxygen atoms in total. The molecular weight excluding hydrogens is 342 g/mol. The molecule has 0 radical (unpaired) electrons. The van der Waals surface area contributed by atoms with Gasteiger partial charge in [-0.15, -0.1) is 0 Å². The molecule has 1 aromatic carbocycles. The Hall–Kier alpha value is -0.720. The first-order valence-corrected chi connectivity index (χ1v) is 13.0. The highest BCUT2D eigenvalue weighted by atomic mass is 31.2. The summed E-state index contributed by atoms with van der Waals surface area (Å²) in [6, 6.07) is 7.18. The Bertz CT molecular complexity index is 515. The summed E-state index contributed by atoms with van der Waals surface area (Å²) in [5.74, 6) is 0.908. The van der Waals surface area contributed by atoms with Gasteiger partial charge in [-0.25, -0.2) is 0 Å². The van der Waals surface area contributed by atoms with Crippen LogP contribution in [0.1, 0.15) is 53.4 Å². The smallest absolute Gasteiger partial charge is 0.248 e. The second-order valence-corrected chi connectivity index (χ2v) is 11.6. The summed E-state index contributed by atoms with van der Waals surface area (Å²) in [5, 5.41) is 0. The predicted octanol–water partition coefficient (Wildman–Crippen LogP) is 6.64. The largest absolute Gasteiger partial charge is 0.439 e. The van der Waals surface area contributed by atoms with Crippen LogP contribution in [-0.4, -0.2) is 24.6 Å². The molecular formula is C18H32O4P2. The van der Waals surface area contributed by atoms with Crippen molar-refractivity contribution in [2.45, 2.75) is 53.4 Å². The van der Waals surface area contributed by atoms with Crippen LogP contribution < -0.4 is 9.05 Å². The maximum absolute atomic E-state index is 13.0. The van der Waals surface area contributed by atoms with Crippen molar-refractivity contribution in [1.29, 1.82) is 0 Å². The van der Waals surface area contributed by atoms with Crippen LogP contribution in [-0.2, 0) is 9.13 Å². The first kappa shape index (κ1) is 21.3. The van der Waals surface area contributed by atoms with Gasteiger partial charge in [0.1, 0.15) is 0 Å². The zero-order valence-electron chi connectivity index (χ0n) is 15.5. The topological polar surface area (TPSA) is 52.6 Å². The lowest BCUT2D eigenvalue weighted by molar-refractivity contribution is 0.444. The highest BCUT2D eigenvalue weighted by molar-refractivity contribution is 7.59. The molecule has 0 aliphatic rings. The second-order valence-electron chi connectivity index (χ2n) is 6.15. The van der Waals surface area contributed by atoms with Gasteiger partial charge in [0.15, 0.2) is 11.5 Å². The van der Waals surface area contributed by atoms with Gasteiger partial charge in [-0.05, 0) is 37.8 Å². The Morgan fingerprint density at radius 3 is 1.21 bits per heavy atom. The van der Waals surface area contributed by atoms with Crippen molar-refractivity contribution < 1.29 is 18.2 Å². The molecule has 138 valence electrons. The summed E-state index contributed by atoms with van der Waals surface area (Å²) >= 11 is 0. The average molecular weight is 374 g/mol. The van der Waals surface area contributed by atoms with Crippen LogP contribution in [0.25, 0.3) is 0 Å². The van der Waals surface area contributed by atoms with Gasteiger partial charge in [0, 0.05) is 24.6 Å². The highest BCUT2D eigenvalue weighted by Gasteiger charge is 2.27. The maximum atomic E-state index is 13.0. The summed E-state index contributed by atoms with van der Waals surface area (Å²) in [4.78, 5) is 0. The van der Waals surface area contributed by atoms with Crippen LogP contribution in [0.4, 0.5) is 0 Å². The number of rotatable bonds is 12. The fraction of sp³-hybridized carbons (Fsp3) is 0.667. The second kappa shape index (κ2) is 10.3. The van der Waals surface area contributed by atoms with Gasteiger partial charge in [-0.1, -0.05) is 39.8 Å². The molecule has 0 spiro atoms. The molecule has 0 amide bonds. The minimum atomic E-state index is -2.73. The van der Waals surface area contributed by atoms with E-state index in [2.05, 4.69) is 0 Å². The van der Waals surface area contributed by atoms with Gasteiger partial charge in [0.05, 0.1) is 0 Å². The van der Waals surface area contributed by atoms with Crippen molar-refractivity contribution >= 4 is 14.7 Å². The molecule has 0 fully saturated rings. The van der Waals surface area contributed by atoms with Crippen LogP contribution in [0, 0.1) is 0 Å². The number of para-hydroxylation sites is 2. The van der Waals surface area contributed by atoms with Gasteiger partial charge in [0.2, 0.25) is 14.7 Å². The van der Waals surface area contributed by atoms with Gasteiger partial charge >= 0.3 is 0 Å². The lowest BCUT2D eigenvalue weighted by atomic mass is 10.3. The van der Waals surface area contributed by atoms with E-state index < -0.39 is 14.7 Å². The normalized spacial score (nSPS) is 12.2. The molecule has 6 heteroatoms. The molecule has 1 aromatic rings. The fourth-order valence-electron chi connectivity index (χ4n) is 2.73. The molecule has 0 aliphatic heterocycles. The molecule has 1 rings (SSSR count). The summed E-state index contributed by atoms with van der Waals surface area (Å²) in [6.07, 6.45) is 5.45. The first-order chi connectivity index (χ1) is 11.4. The van der Waals surface area contributed by atoms with Crippen LogP contribution >= 0.6 is 14.7 Å². The van der Waals surface area contributed by atoms with Crippen LogP contribution in [0.2, 0.25) is 0 Å². The zero-order chi connectivity index (χ0) is 18.1. The molecule has 0 saturated heterocycles. The highest BCUT2D eigenvalue weighted by Crippen LogP contribution is 2.54. The molecule has 0 unspecified atom stereocenters. The molecule has 0 atom stereocenters. The van der Waals surface area contributed by atoms with Crippen molar-refractivity contribution in [2.24, 2.45) is 0 Å². The van der Waals surface area contributed by atoms with Crippen molar-refractivity contribution in [3.05, 3.63) is 24.3 Å². The zero-order valence-corrected chi connectivity index (χ0v) is 17.3. The van der Waals surface area contributed by atoms with E-state index in [9.17, 15) is 9.13 Å². The van der Waals surface area contributed by atoms with Gasteiger partial charge in [-0.2, -0.15) is 0 Å². The van der Waals surface area contributed by atoms with E-state index >= 15 is 0 Å². The monoisotopic (exact) mass is 374 g/mol. The van der Waals surface area contributed by atoms with Gasteiger partial charge in [0.25, 0.3) is 0 Å². The van der Waals surface area contributed by atoms with E-state index in [0.29, 0.717) is 36.1 Å². The molecule has 0 N–H and O–H groups in total. The third-order valence-electron chi connectivity index (χ3n) is 3.64. The van der Waals surface area contributed by atoms with Crippen LogP contribution in [0.5, 0.6) is 11.5 Å². The molecule has 0 aromatic heterocycles. The number of hydrogen-bond donors (Lipinski definition) is 0. The Labute approximate surface area is 147 Å². The molecule has 0 aliphatic carbocycles. The Kier molecular flexibility index (Phi) is 9.16. The molecule has 0 heterocycles. The summed E-state index contributed by atoms with van der Waals surface area (Å²) < 4.78 is 37.9. The third-order valence-corrected chi connectivity index (χ3v) is 9.21. The number of hydrogen-bond acceptors (Lipinski definition) is 4. The van der Waals surface area contributed by atoms with E-state index in [1.165, 1.54) is 0 Å². The Morgan fingerprint density at radius 2 is 0.958 bits per heavy atom. The standard InChI is InChI=1S/C18H32O4P2/c1-5-13-23(19,14-6-2)21-17-11-9-10-12-18(17)22-24(20,15-7-3)16-8-4/h9-12H,5-8,13-16H2,1-4H3. The summed E-state index contributed by atoms with van der Waals surface area (Å²) in [5.41, 5.74) is 0. The van der Waals surface area contributed by atoms with E-state index in [1.807, 2.05) is 39.8 Å².